The number of para-hydroxylation sites is 1. The molecule has 2 N–H and O–H groups in total. The lowest BCUT2D eigenvalue weighted by atomic mass is 10.0. The van der Waals surface area contributed by atoms with Gasteiger partial charge < -0.3 is 15.0 Å². The maximum Gasteiger partial charge on any atom is 0.326 e. The highest BCUT2D eigenvalue weighted by Crippen LogP contribution is 2.19. The van der Waals surface area contributed by atoms with Crippen LogP contribution in [0, 0.1) is 0 Å². The predicted molar refractivity (Wildman–Crippen MR) is 100 cm³/mol. The molecule has 1 amide bonds. The number of H-pyrrole nitrogens is 1. The van der Waals surface area contributed by atoms with E-state index in [4.69, 9.17) is 0 Å². The molecule has 1 aliphatic heterocycles. The van der Waals surface area contributed by atoms with Gasteiger partial charge in [-0.1, -0.05) is 12.1 Å². The summed E-state index contributed by atoms with van der Waals surface area (Å²) in [5.74, 6) is 0.578. The summed E-state index contributed by atoms with van der Waals surface area (Å²) in [5, 5.41) is 9.81. The predicted octanol–water partition coefficient (Wildman–Crippen LogP) is 2.01. The number of aromatic amines is 1. The molecule has 3 rings (SSSR count). The summed E-state index contributed by atoms with van der Waals surface area (Å²) in [6, 6.07) is 6.46. The summed E-state index contributed by atoms with van der Waals surface area (Å²) in [4.78, 5) is 44.3. The monoisotopic (exact) mass is 375 g/mol. The molecule has 0 saturated carbocycles. The molecule has 1 atom stereocenters. The van der Waals surface area contributed by atoms with Crippen molar-refractivity contribution in [1.82, 2.24) is 14.9 Å². The third-order valence-electron chi connectivity index (χ3n) is 4.47. The summed E-state index contributed by atoms with van der Waals surface area (Å²) in [6.45, 7) is 0.514. The van der Waals surface area contributed by atoms with Gasteiger partial charge in [0.1, 0.15) is 11.9 Å². The second kappa shape index (κ2) is 8.35. The van der Waals surface area contributed by atoms with Crippen LogP contribution in [-0.2, 0) is 15.3 Å². The highest BCUT2D eigenvalue weighted by molar-refractivity contribution is 7.98. The van der Waals surface area contributed by atoms with Crippen LogP contribution in [0.4, 0.5) is 0 Å². The zero-order valence-electron chi connectivity index (χ0n) is 14.3. The fourth-order valence-corrected chi connectivity index (χ4v) is 3.96. The number of carbonyl (C=O) groups excluding carboxylic acids is 1. The van der Waals surface area contributed by atoms with E-state index in [0.29, 0.717) is 41.2 Å². The zero-order chi connectivity index (χ0) is 18.5. The number of fused-ring (bicyclic) bond motifs is 1. The van der Waals surface area contributed by atoms with Gasteiger partial charge in [-0.15, -0.1) is 0 Å². The molecule has 138 valence electrons. The Kier molecular flexibility index (Phi) is 5.92. The Morgan fingerprint density at radius 2 is 2.12 bits per heavy atom. The van der Waals surface area contributed by atoms with Crippen LogP contribution in [0.15, 0.2) is 29.1 Å². The zero-order valence-corrected chi connectivity index (χ0v) is 15.1. The lowest BCUT2D eigenvalue weighted by Gasteiger charge is -2.33. The van der Waals surface area contributed by atoms with Crippen LogP contribution in [-0.4, -0.2) is 50.2 Å². The van der Waals surface area contributed by atoms with Gasteiger partial charge >= 0.3 is 5.97 Å². The third kappa shape index (κ3) is 4.24. The molecule has 26 heavy (non-hydrogen) atoms. The van der Waals surface area contributed by atoms with Gasteiger partial charge in [0.2, 0.25) is 5.91 Å². The average molecular weight is 375 g/mol. The molecule has 1 aromatic carbocycles. The van der Waals surface area contributed by atoms with E-state index in [9.17, 15) is 19.5 Å². The molecular weight excluding hydrogens is 354 g/mol. The number of carboxylic acids is 1. The first-order chi connectivity index (χ1) is 12.6. The number of aliphatic carboxylic acids is 1. The third-order valence-corrected chi connectivity index (χ3v) is 5.44. The average Bonchev–Trinajstić information content (AvgIpc) is 2.65. The smallest absolute Gasteiger partial charge is 0.326 e. The van der Waals surface area contributed by atoms with Crippen LogP contribution in [0.25, 0.3) is 10.9 Å². The number of carbonyl (C=O) groups is 2. The SMILES string of the molecule is O=C(O)C1CCCCN1C(=O)CCSCc1nc2ccccc2c(=O)[nH]1. The highest BCUT2D eigenvalue weighted by atomic mass is 32.2. The molecule has 1 fully saturated rings. The van der Waals surface area contributed by atoms with Gasteiger partial charge in [-0.3, -0.25) is 9.59 Å². The van der Waals surface area contributed by atoms with Gasteiger partial charge in [-0.05, 0) is 31.4 Å². The molecule has 1 saturated heterocycles. The first kappa shape index (κ1) is 18.4. The fourth-order valence-electron chi connectivity index (χ4n) is 3.16. The molecule has 0 radical (unpaired) electrons. The topological polar surface area (TPSA) is 103 Å². The van der Waals surface area contributed by atoms with Crippen molar-refractivity contribution in [2.24, 2.45) is 0 Å². The maximum absolute atomic E-state index is 12.3. The van der Waals surface area contributed by atoms with Gasteiger partial charge in [0, 0.05) is 18.7 Å². The molecule has 1 unspecified atom stereocenters. The van der Waals surface area contributed by atoms with E-state index in [-0.39, 0.29) is 17.9 Å². The van der Waals surface area contributed by atoms with Gasteiger partial charge in [-0.25, -0.2) is 9.78 Å². The van der Waals surface area contributed by atoms with E-state index in [1.54, 1.807) is 18.2 Å². The number of amides is 1. The molecule has 2 heterocycles. The minimum atomic E-state index is -0.927. The van der Waals surface area contributed by atoms with Crippen LogP contribution in [0.1, 0.15) is 31.5 Å². The lowest BCUT2D eigenvalue weighted by molar-refractivity contribution is -0.151. The molecule has 0 spiro atoms. The Hall–Kier alpha value is -2.35. The maximum atomic E-state index is 12.3. The number of nitrogens with one attached hydrogen (secondary N) is 1. The second-order valence-corrected chi connectivity index (χ2v) is 7.37. The normalized spacial score (nSPS) is 17.4. The number of likely N-dealkylation sites (tertiary alicyclic amines) is 1. The number of carboxylic acid groups (broad SMARTS) is 1. The number of nitrogens with zero attached hydrogens (tertiary/aromatic N) is 2. The molecular formula is C18H21N3O4S. The van der Waals surface area contributed by atoms with Crippen molar-refractivity contribution < 1.29 is 14.7 Å². The van der Waals surface area contributed by atoms with Crippen LogP contribution in [0.5, 0.6) is 0 Å². The standard InChI is InChI=1S/C18H21N3O4S/c22-16(21-9-4-3-7-14(21)18(24)25)8-10-26-11-15-19-13-6-2-1-5-12(13)17(23)20-15/h1-2,5-6,14H,3-4,7-11H2,(H,24,25)(H,19,20,23). The van der Waals surface area contributed by atoms with Crippen molar-refractivity contribution in [3.63, 3.8) is 0 Å². The minimum Gasteiger partial charge on any atom is -0.480 e. The lowest BCUT2D eigenvalue weighted by Crippen LogP contribution is -2.48. The summed E-state index contributed by atoms with van der Waals surface area (Å²) >= 11 is 1.50. The van der Waals surface area contributed by atoms with E-state index < -0.39 is 12.0 Å². The van der Waals surface area contributed by atoms with Crippen LogP contribution in [0.3, 0.4) is 0 Å². The fraction of sp³-hybridized carbons (Fsp3) is 0.444. The van der Waals surface area contributed by atoms with Crippen molar-refractivity contribution in [3.05, 3.63) is 40.4 Å². The Bertz CT molecular complexity index is 867. The van der Waals surface area contributed by atoms with E-state index in [0.717, 1.165) is 12.8 Å². The Balaban J connectivity index is 1.53. The van der Waals surface area contributed by atoms with Gasteiger partial charge in [0.15, 0.2) is 0 Å². The van der Waals surface area contributed by atoms with Crippen molar-refractivity contribution >= 4 is 34.5 Å². The summed E-state index contributed by atoms with van der Waals surface area (Å²) < 4.78 is 0. The first-order valence-electron chi connectivity index (χ1n) is 8.64. The van der Waals surface area contributed by atoms with Gasteiger partial charge in [0.25, 0.3) is 5.56 Å². The number of benzene rings is 1. The number of aromatic nitrogens is 2. The number of hydrogen-bond acceptors (Lipinski definition) is 5. The van der Waals surface area contributed by atoms with E-state index >= 15 is 0 Å². The number of rotatable bonds is 6. The van der Waals surface area contributed by atoms with E-state index in [2.05, 4.69) is 9.97 Å². The van der Waals surface area contributed by atoms with Crippen LogP contribution >= 0.6 is 11.8 Å². The molecule has 2 aromatic rings. The number of piperidine rings is 1. The molecule has 7 nitrogen and oxygen atoms in total. The van der Waals surface area contributed by atoms with Gasteiger partial charge in [-0.2, -0.15) is 11.8 Å². The quantitative estimate of drug-likeness (QED) is 0.749. The highest BCUT2D eigenvalue weighted by Gasteiger charge is 2.31. The largest absolute Gasteiger partial charge is 0.480 e. The number of hydrogen-bond donors (Lipinski definition) is 2. The molecule has 1 aromatic heterocycles. The van der Waals surface area contributed by atoms with Gasteiger partial charge in [0.05, 0.1) is 16.7 Å². The summed E-state index contributed by atoms with van der Waals surface area (Å²) in [6.07, 6.45) is 2.50. The summed E-state index contributed by atoms with van der Waals surface area (Å²) in [7, 11) is 0. The first-order valence-corrected chi connectivity index (χ1v) is 9.79. The van der Waals surface area contributed by atoms with E-state index in [1.165, 1.54) is 16.7 Å². The Morgan fingerprint density at radius 1 is 1.31 bits per heavy atom. The Morgan fingerprint density at radius 3 is 2.92 bits per heavy atom. The van der Waals surface area contributed by atoms with Crippen molar-refractivity contribution in [3.8, 4) is 0 Å². The number of thioether (sulfide) groups is 1. The molecule has 0 bridgehead atoms. The van der Waals surface area contributed by atoms with Crippen molar-refractivity contribution in [2.75, 3.05) is 12.3 Å². The second-order valence-electron chi connectivity index (χ2n) is 6.27. The van der Waals surface area contributed by atoms with Crippen LogP contribution < -0.4 is 5.56 Å². The van der Waals surface area contributed by atoms with Crippen LogP contribution in [0.2, 0.25) is 0 Å². The minimum absolute atomic E-state index is 0.121. The molecule has 1 aliphatic rings. The summed E-state index contributed by atoms with van der Waals surface area (Å²) in [5.41, 5.74) is 0.487. The van der Waals surface area contributed by atoms with E-state index in [1.807, 2.05) is 6.07 Å². The molecule has 8 heteroatoms. The Labute approximate surface area is 154 Å². The molecule has 0 aliphatic carbocycles. The van der Waals surface area contributed by atoms with Crippen molar-refractivity contribution in [2.45, 2.75) is 37.5 Å². The van der Waals surface area contributed by atoms with Crippen molar-refractivity contribution in [1.29, 1.82) is 0 Å².